The predicted octanol–water partition coefficient (Wildman–Crippen LogP) is 4.11. The second-order valence-electron chi connectivity index (χ2n) is 7.16. The maximum Gasteiger partial charge on any atom is 0.170 e. The van der Waals surface area contributed by atoms with Crippen LogP contribution in [0.5, 0.6) is 0 Å². The van der Waals surface area contributed by atoms with Crippen LogP contribution in [0.2, 0.25) is 5.02 Å². The smallest absolute Gasteiger partial charge is 0.170 e. The second-order valence-corrected chi connectivity index (χ2v) is 7.95. The van der Waals surface area contributed by atoms with Gasteiger partial charge in [0.2, 0.25) is 0 Å². The molecule has 2 aromatic heterocycles. The SMILES string of the molecule is Cc1cc([C@@H]2[C@@H](c3ccccn3)NC(=S)N2CCO)c(C)n1-c1ccccc1Cl. The molecule has 3 aromatic rings. The first-order valence-corrected chi connectivity index (χ1v) is 10.3. The number of rotatable bonds is 5. The summed E-state index contributed by atoms with van der Waals surface area (Å²) >= 11 is 12.1. The molecule has 0 amide bonds. The fourth-order valence-electron chi connectivity index (χ4n) is 4.18. The number of aliphatic hydroxyl groups excluding tert-OH is 1. The van der Waals surface area contributed by atoms with Crippen molar-refractivity contribution in [2.75, 3.05) is 13.2 Å². The number of thiocarbonyl (C=S) groups is 1. The fraction of sp³-hybridized carbons (Fsp3) is 0.273. The number of hydrogen-bond donors (Lipinski definition) is 2. The number of para-hydroxylation sites is 1. The zero-order valence-corrected chi connectivity index (χ0v) is 17.9. The van der Waals surface area contributed by atoms with Crippen molar-refractivity contribution in [3.63, 3.8) is 0 Å². The van der Waals surface area contributed by atoms with Crippen molar-refractivity contribution < 1.29 is 5.11 Å². The zero-order chi connectivity index (χ0) is 20.5. The molecule has 0 radical (unpaired) electrons. The lowest BCUT2D eigenvalue weighted by Gasteiger charge is -2.27. The molecular formula is C22H23ClN4OS. The Morgan fingerprint density at radius 2 is 1.93 bits per heavy atom. The Kier molecular flexibility index (Phi) is 5.58. The van der Waals surface area contributed by atoms with Crippen molar-refractivity contribution in [2.45, 2.75) is 25.9 Å². The molecule has 0 spiro atoms. The highest BCUT2D eigenvalue weighted by Crippen LogP contribution is 2.41. The number of nitrogens with zero attached hydrogens (tertiary/aromatic N) is 3. The third-order valence-corrected chi connectivity index (χ3v) is 6.09. The molecule has 0 saturated carbocycles. The topological polar surface area (TPSA) is 53.3 Å². The highest BCUT2D eigenvalue weighted by molar-refractivity contribution is 7.80. The number of aliphatic hydroxyl groups is 1. The maximum atomic E-state index is 9.64. The fourth-order valence-corrected chi connectivity index (χ4v) is 4.74. The normalized spacial score (nSPS) is 18.9. The number of aromatic nitrogens is 2. The molecule has 7 heteroatoms. The van der Waals surface area contributed by atoms with Crippen molar-refractivity contribution in [3.05, 3.63) is 82.4 Å². The van der Waals surface area contributed by atoms with Gasteiger partial charge in [-0.1, -0.05) is 29.8 Å². The van der Waals surface area contributed by atoms with Crippen LogP contribution in [0.4, 0.5) is 0 Å². The molecule has 150 valence electrons. The van der Waals surface area contributed by atoms with E-state index < -0.39 is 0 Å². The molecule has 1 aliphatic heterocycles. The average molecular weight is 427 g/mol. The maximum absolute atomic E-state index is 9.64. The Bertz CT molecular complexity index is 1040. The summed E-state index contributed by atoms with van der Waals surface area (Å²) in [5.74, 6) is 0. The number of halogens is 1. The molecule has 2 N–H and O–H groups in total. The van der Waals surface area contributed by atoms with Gasteiger partial charge in [0.25, 0.3) is 0 Å². The largest absolute Gasteiger partial charge is 0.395 e. The number of pyridine rings is 1. The molecule has 4 rings (SSSR count). The lowest BCUT2D eigenvalue weighted by molar-refractivity contribution is 0.223. The summed E-state index contributed by atoms with van der Waals surface area (Å²) < 4.78 is 2.17. The molecule has 0 unspecified atom stereocenters. The van der Waals surface area contributed by atoms with E-state index in [9.17, 15) is 5.11 Å². The summed E-state index contributed by atoms with van der Waals surface area (Å²) in [6.45, 7) is 4.65. The van der Waals surface area contributed by atoms with Gasteiger partial charge in [-0.25, -0.2) is 0 Å². The summed E-state index contributed by atoms with van der Waals surface area (Å²) in [4.78, 5) is 6.61. The van der Waals surface area contributed by atoms with Gasteiger partial charge in [-0.05, 0) is 62.0 Å². The predicted molar refractivity (Wildman–Crippen MR) is 119 cm³/mol. The van der Waals surface area contributed by atoms with Crippen LogP contribution >= 0.6 is 23.8 Å². The van der Waals surface area contributed by atoms with Gasteiger partial charge in [-0.15, -0.1) is 0 Å². The van der Waals surface area contributed by atoms with E-state index in [1.165, 1.54) is 0 Å². The zero-order valence-electron chi connectivity index (χ0n) is 16.3. The van der Waals surface area contributed by atoms with Gasteiger partial charge < -0.3 is 19.9 Å². The molecule has 1 saturated heterocycles. The Morgan fingerprint density at radius 3 is 2.62 bits per heavy atom. The highest BCUT2D eigenvalue weighted by atomic mass is 35.5. The third kappa shape index (κ3) is 3.52. The van der Waals surface area contributed by atoms with E-state index in [1.54, 1.807) is 6.20 Å². The average Bonchev–Trinajstić information content (AvgIpc) is 3.19. The molecule has 29 heavy (non-hydrogen) atoms. The number of benzene rings is 1. The van der Waals surface area contributed by atoms with Crippen molar-refractivity contribution in [2.24, 2.45) is 0 Å². The molecule has 1 fully saturated rings. The first-order chi connectivity index (χ1) is 14.0. The summed E-state index contributed by atoms with van der Waals surface area (Å²) in [5.41, 5.74) is 5.19. The molecule has 2 atom stereocenters. The van der Waals surface area contributed by atoms with Crippen molar-refractivity contribution >= 4 is 28.9 Å². The van der Waals surface area contributed by atoms with Crippen LogP contribution in [0, 0.1) is 13.8 Å². The molecule has 0 aliphatic carbocycles. The van der Waals surface area contributed by atoms with Crippen LogP contribution in [-0.2, 0) is 0 Å². The molecule has 1 aliphatic rings. The number of β-amino-alcohol motifs (C(OH)–C–C–N with tert-alkyl or cyclic N) is 1. The summed E-state index contributed by atoms with van der Waals surface area (Å²) in [6.07, 6.45) is 1.79. The highest BCUT2D eigenvalue weighted by Gasteiger charge is 2.41. The van der Waals surface area contributed by atoms with Crippen LogP contribution in [0.1, 0.15) is 34.7 Å². The molecule has 0 bridgehead atoms. The Balaban J connectivity index is 1.85. The Morgan fingerprint density at radius 1 is 1.17 bits per heavy atom. The van der Waals surface area contributed by atoms with Gasteiger partial charge >= 0.3 is 0 Å². The van der Waals surface area contributed by atoms with Gasteiger partial charge in [0, 0.05) is 24.1 Å². The lowest BCUT2D eigenvalue weighted by Crippen LogP contribution is -2.32. The van der Waals surface area contributed by atoms with E-state index in [4.69, 9.17) is 23.8 Å². The van der Waals surface area contributed by atoms with Crippen molar-refractivity contribution in [1.29, 1.82) is 0 Å². The van der Waals surface area contributed by atoms with Crippen LogP contribution < -0.4 is 5.32 Å². The molecule has 3 heterocycles. The summed E-state index contributed by atoms with van der Waals surface area (Å²) in [5, 5.41) is 14.4. The van der Waals surface area contributed by atoms with Crippen molar-refractivity contribution in [1.82, 2.24) is 19.8 Å². The van der Waals surface area contributed by atoms with Gasteiger partial charge in [0.05, 0.1) is 35.1 Å². The van der Waals surface area contributed by atoms with E-state index in [2.05, 4.69) is 34.8 Å². The second kappa shape index (κ2) is 8.14. The van der Waals surface area contributed by atoms with Crippen LogP contribution in [-0.4, -0.2) is 37.8 Å². The van der Waals surface area contributed by atoms with E-state index in [0.717, 1.165) is 28.3 Å². The van der Waals surface area contributed by atoms with Gasteiger partial charge in [0.1, 0.15) is 0 Å². The van der Waals surface area contributed by atoms with Crippen LogP contribution in [0.3, 0.4) is 0 Å². The Labute approximate surface area is 180 Å². The number of aryl methyl sites for hydroxylation is 1. The van der Waals surface area contributed by atoms with E-state index in [0.29, 0.717) is 16.7 Å². The Hall–Kier alpha value is -2.41. The molecule has 5 nitrogen and oxygen atoms in total. The quantitative estimate of drug-likeness (QED) is 0.601. The monoisotopic (exact) mass is 426 g/mol. The van der Waals surface area contributed by atoms with Gasteiger partial charge in [-0.2, -0.15) is 0 Å². The van der Waals surface area contributed by atoms with Crippen LogP contribution in [0.15, 0.2) is 54.7 Å². The number of hydrogen-bond acceptors (Lipinski definition) is 3. The number of nitrogens with one attached hydrogen (secondary N) is 1. The van der Waals surface area contributed by atoms with Crippen LogP contribution in [0.25, 0.3) is 5.69 Å². The first-order valence-electron chi connectivity index (χ1n) is 9.55. The third-order valence-electron chi connectivity index (χ3n) is 5.42. The van der Waals surface area contributed by atoms with E-state index in [-0.39, 0.29) is 18.7 Å². The van der Waals surface area contributed by atoms with Gasteiger partial charge in [0.15, 0.2) is 5.11 Å². The minimum absolute atomic E-state index is 0.0243. The minimum atomic E-state index is -0.101. The molecular weight excluding hydrogens is 404 g/mol. The summed E-state index contributed by atoms with van der Waals surface area (Å²) in [7, 11) is 0. The first kappa shape index (κ1) is 19.9. The minimum Gasteiger partial charge on any atom is -0.395 e. The molecule has 1 aromatic carbocycles. The standard InChI is InChI=1S/C22H23ClN4OS/c1-14-13-16(15(2)27(14)19-9-4-3-7-17(19)23)21-20(18-8-5-6-10-24-18)25-22(29)26(21)11-12-28/h3-10,13,20-21,28H,11-12H2,1-2H3,(H,25,29)/t20-,21-/m1/s1. The van der Waals surface area contributed by atoms with E-state index in [1.807, 2.05) is 47.4 Å². The van der Waals surface area contributed by atoms with Gasteiger partial charge in [-0.3, -0.25) is 4.98 Å². The summed E-state index contributed by atoms with van der Waals surface area (Å²) in [6, 6.07) is 15.7. The van der Waals surface area contributed by atoms with Crippen molar-refractivity contribution in [3.8, 4) is 5.69 Å². The van der Waals surface area contributed by atoms with E-state index >= 15 is 0 Å². The lowest BCUT2D eigenvalue weighted by atomic mass is 9.97.